The molecule has 0 aliphatic rings. The highest BCUT2D eigenvalue weighted by Gasteiger charge is 2.06. The van der Waals surface area contributed by atoms with Crippen LogP contribution in [0.2, 0.25) is 5.02 Å². The maximum atomic E-state index is 6.08. The molecule has 0 spiro atoms. The summed E-state index contributed by atoms with van der Waals surface area (Å²) in [7, 11) is 0. The Hall–Kier alpha value is -0.990. The van der Waals surface area contributed by atoms with E-state index in [1.165, 1.54) is 10.9 Å². The molecule has 15 heavy (non-hydrogen) atoms. The van der Waals surface area contributed by atoms with E-state index in [0.717, 1.165) is 23.4 Å². The Morgan fingerprint density at radius 2 is 2.27 bits per heavy atom. The van der Waals surface area contributed by atoms with Crippen molar-refractivity contribution in [3.05, 3.63) is 35.0 Å². The van der Waals surface area contributed by atoms with Gasteiger partial charge in [-0.1, -0.05) is 23.7 Å². The number of aromatic amines is 1. The van der Waals surface area contributed by atoms with Crippen LogP contribution in [0.15, 0.2) is 24.4 Å². The number of nitrogens with one attached hydrogen (secondary N) is 1. The molecule has 1 unspecified atom stereocenters. The van der Waals surface area contributed by atoms with Gasteiger partial charge in [-0.3, -0.25) is 0 Å². The van der Waals surface area contributed by atoms with Crippen LogP contribution in [0, 0.1) is 0 Å². The Bertz CT molecular complexity index is 460. The van der Waals surface area contributed by atoms with Crippen molar-refractivity contribution in [1.29, 1.82) is 0 Å². The smallest absolute Gasteiger partial charge is 0.0647 e. The van der Waals surface area contributed by atoms with E-state index in [0.29, 0.717) is 0 Å². The van der Waals surface area contributed by atoms with Crippen LogP contribution in [0.3, 0.4) is 0 Å². The van der Waals surface area contributed by atoms with Gasteiger partial charge in [-0.25, -0.2) is 0 Å². The van der Waals surface area contributed by atoms with Crippen molar-refractivity contribution in [3.8, 4) is 0 Å². The normalized spacial score (nSPS) is 13.3. The lowest BCUT2D eigenvalue weighted by molar-refractivity contribution is 0.668. The maximum absolute atomic E-state index is 6.08. The van der Waals surface area contributed by atoms with Crippen LogP contribution in [0.1, 0.15) is 18.9 Å². The average Bonchev–Trinajstić information content (AvgIpc) is 2.59. The molecular formula is C12H15ClN2. The van der Waals surface area contributed by atoms with Gasteiger partial charge in [0.2, 0.25) is 0 Å². The first-order valence-electron chi connectivity index (χ1n) is 5.18. The number of aryl methyl sites for hydroxylation is 1. The van der Waals surface area contributed by atoms with Crippen molar-refractivity contribution >= 4 is 22.5 Å². The molecule has 1 atom stereocenters. The third kappa shape index (κ3) is 2.16. The monoisotopic (exact) mass is 222 g/mol. The Labute approximate surface area is 94.4 Å². The summed E-state index contributed by atoms with van der Waals surface area (Å²) in [5, 5.41) is 1.99. The summed E-state index contributed by atoms with van der Waals surface area (Å²) in [6.07, 6.45) is 4.02. The molecule has 1 aromatic carbocycles. The lowest BCUT2D eigenvalue weighted by Gasteiger charge is -2.03. The summed E-state index contributed by atoms with van der Waals surface area (Å²) in [6.45, 7) is 2.03. The second-order valence-corrected chi connectivity index (χ2v) is 4.40. The van der Waals surface area contributed by atoms with Gasteiger partial charge >= 0.3 is 0 Å². The number of halogens is 1. The van der Waals surface area contributed by atoms with E-state index in [4.69, 9.17) is 17.3 Å². The number of rotatable bonds is 3. The molecule has 80 valence electrons. The van der Waals surface area contributed by atoms with Crippen molar-refractivity contribution < 1.29 is 0 Å². The van der Waals surface area contributed by atoms with Gasteiger partial charge in [0.15, 0.2) is 0 Å². The van der Waals surface area contributed by atoms with E-state index in [9.17, 15) is 0 Å². The van der Waals surface area contributed by atoms with Gasteiger partial charge in [0.05, 0.1) is 10.5 Å². The number of hydrogen-bond donors (Lipinski definition) is 2. The lowest BCUT2D eigenvalue weighted by Crippen LogP contribution is -2.15. The molecule has 3 heteroatoms. The van der Waals surface area contributed by atoms with Crippen molar-refractivity contribution in [2.24, 2.45) is 5.73 Å². The molecule has 3 N–H and O–H groups in total. The molecule has 2 rings (SSSR count). The zero-order valence-electron chi connectivity index (χ0n) is 8.76. The number of hydrogen-bond acceptors (Lipinski definition) is 1. The minimum atomic E-state index is 0.245. The van der Waals surface area contributed by atoms with E-state index < -0.39 is 0 Å². The second kappa shape index (κ2) is 4.25. The number of para-hydroxylation sites is 1. The predicted octanol–water partition coefficient (Wildman–Crippen LogP) is 3.10. The molecule has 1 aromatic heterocycles. The van der Waals surface area contributed by atoms with E-state index >= 15 is 0 Å². The minimum absolute atomic E-state index is 0.245. The fourth-order valence-corrected chi connectivity index (χ4v) is 1.99. The SMILES string of the molecule is CC(N)CCc1c[nH]c2c(Cl)cccc12. The molecule has 2 aromatic rings. The summed E-state index contributed by atoms with van der Waals surface area (Å²) in [4.78, 5) is 3.21. The fraction of sp³-hybridized carbons (Fsp3) is 0.333. The highest BCUT2D eigenvalue weighted by molar-refractivity contribution is 6.35. The minimum Gasteiger partial charge on any atom is -0.360 e. The first-order chi connectivity index (χ1) is 7.18. The summed E-state index contributed by atoms with van der Waals surface area (Å²) >= 11 is 6.08. The van der Waals surface area contributed by atoms with Crippen molar-refractivity contribution in [3.63, 3.8) is 0 Å². The number of H-pyrrole nitrogens is 1. The van der Waals surface area contributed by atoms with Crippen LogP contribution < -0.4 is 5.73 Å². The highest BCUT2D eigenvalue weighted by Crippen LogP contribution is 2.25. The van der Waals surface area contributed by atoms with Crippen molar-refractivity contribution in [1.82, 2.24) is 4.98 Å². The van der Waals surface area contributed by atoms with Gasteiger partial charge in [-0.2, -0.15) is 0 Å². The predicted molar refractivity (Wildman–Crippen MR) is 65.3 cm³/mol. The molecule has 0 radical (unpaired) electrons. The summed E-state index contributed by atoms with van der Waals surface area (Å²) in [6, 6.07) is 6.21. The molecule has 0 saturated heterocycles. The third-order valence-electron chi connectivity index (χ3n) is 2.62. The molecule has 2 nitrogen and oxygen atoms in total. The molecular weight excluding hydrogens is 208 g/mol. The number of fused-ring (bicyclic) bond motifs is 1. The van der Waals surface area contributed by atoms with Crippen LogP contribution >= 0.6 is 11.6 Å². The molecule has 0 saturated carbocycles. The second-order valence-electron chi connectivity index (χ2n) is 3.99. The first-order valence-corrected chi connectivity index (χ1v) is 5.56. The topological polar surface area (TPSA) is 41.8 Å². The maximum Gasteiger partial charge on any atom is 0.0647 e. The summed E-state index contributed by atoms with van der Waals surface area (Å²) in [5.41, 5.74) is 8.07. The fourth-order valence-electron chi connectivity index (χ4n) is 1.77. The Kier molecular flexibility index (Phi) is 2.98. The van der Waals surface area contributed by atoms with Crippen molar-refractivity contribution in [2.75, 3.05) is 0 Å². The van der Waals surface area contributed by atoms with Crippen LogP contribution in [0.25, 0.3) is 10.9 Å². The van der Waals surface area contributed by atoms with Gasteiger partial charge in [0.1, 0.15) is 0 Å². The molecule has 1 heterocycles. The Balaban J connectivity index is 2.33. The number of benzene rings is 1. The quantitative estimate of drug-likeness (QED) is 0.824. The van der Waals surface area contributed by atoms with E-state index in [1.54, 1.807) is 0 Å². The van der Waals surface area contributed by atoms with Crippen LogP contribution in [-0.2, 0) is 6.42 Å². The van der Waals surface area contributed by atoms with E-state index in [2.05, 4.69) is 11.1 Å². The largest absolute Gasteiger partial charge is 0.360 e. The molecule has 0 fully saturated rings. The van der Waals surface area contributed by atoms with Crippen LogP contribution in [0.5, 0.6) is 0 Å². The van der Waals surface area contributed by atoms with Gasteiger partial charge in [-0.15, -0.1) is 0 Å². The molecule has 0 bridgehead atoms. The summed E-state index contributed by atoms with van der Waals surface area (Å²) < 4.78 is 0. The lowest BCUT2D eigenvalue weighted by atomic mass is 10.1. The Morgan fingerprint density at radius 3 is 3.00 bits per heavy atom. The van der Waals surface area contributed by atoms with Crippen LogP contribution in [-0.4, -0.2) is 11.0 Å². The number of aromatic nitrogens is 1. The van der Waals surface area contributed by atoms with Gasteiger partial charge < -0.3 is 10.7 Å². The summed E-state index contributed by atoms with van der Waals surface area (Å²) in [5.74, 6) is 0. The number of nitrogens with two attached hydrogens (primary N) is 1. The van der Waals surface area contributed by atoms with E-state index in [-0.39, 0.29) is 6.04 Å². The van der Waals surface area contributed by atoms with Crippen molar-refractivity contribution in [2.45, 2.75) is 25.8 Å². The average molecular weight is 223 g/mol. The molecule has 0 aliphatic carbocycles. The first kappa shape index (κ1) is 10.5. The third-order valence-corrected chi connectivity index (χ3v) is 2.93. The van der Waals surface area contributed by atoms with Gasteiger partial charge in [-0.05, 0) is 31.4 Å². The molecule has 0 aliphatic heterocycles. The Morgan fingerprint density at radius 1 is 1.47 bits per heavy atom. The van der Waals surface area contributed by atoms with Gasteiger partial charge in [0, 0.05) is 17.6 Å². The highest BCUT2D eigenvalue weighted by atomic mass is 35.5. The van der Waals surface area contributed by atoms with Gasteiger partial charge in [0.25, 0.3) is 0 Å². The zero-order chi connectivity index (χ0) is 10.8. The van der Waals surface area contributed by atoms with E-state index in [1.807, 2.05) is 25.3 Å². The standard InChI is InChI=1S/C12H15ClN2/c1-8(14)5-6-9-7-15-12-10(9)3-2-4-11(12)13/h2-4,7-8,15H,5-6,14H2,1H3. The van der Waals surface area contributed by atoms with Crippen LogP contribution in [0.4, 0.5) is 0 Å². The molecule has 0 amide bonds. The zero-order valence-corrected chi connectivity index (χ0v) is 9.51.